The minimum Gasteiger partial charge on any atom is -0.493 e. The van der Waals surface area contributed by atoms with Gasteiger partial charge in [0.25, 0.3) is 0 Å². The summed E-state index contributed by atoms with van der Waals surface area (Å²) in [6.45, 7) is 3.27. The summed E-state index contributed by atoms with van der Waals surface area (Å²) in [6.07, 6.45) is 0. The Morgan fingerprint density at radius 3 is 1.42 bits per heavy atom. The van der Waals surface area contributed by atoms with Crippen molar-refractivity contribution in [3.05, 3.63) is 83.9 Å². The van der Waals surface area contributed by atoms with E-state index >= 15 is 0 Å². The molecule has 0 aliphatic rings. The van der Waals surface area contributed by atoms with E-state index in [1.165, 1.54) is 0 Å². The molecular weight excluding hydrogens is 460 g/mol. The van der Waals surface area contributed by atoms with Gasteiger partial charge < -0.3 is 18.9 Å². The maximum atomic E-state index is 12.9. The minimum atomic E-state index is -0.692. The van der Waals surface area contributed by atoms with E-state index in [2.05, 4.69) is 0 Å². The van der Waals surface area contributed by atoms with Crippen LogP contribution in [-0.4, -0.2) is 44.1 Å². The molecule has 4 aromatic carbocycles. The van der Waals surface area contributed by atoms with Crippen molar-refractivity contribution in [2.75, 3.05) is 26.4 Å². The summed E-state index contributed by atoms with van der Waals surface area (Å²) >= 11 is 0. The zero-order valence-corrected chi connectivity index (χ0v) is 20.1. The topological polar surface area (TPSA) is 88.1 Å². The summed E-state index contributed by atoms with van der Waals surface area (Å²) in [6, 6.07) is 21.8. The molecule has 184 valence electrons. The van der Waals surface area contributed by atoms with Crippen LogP contribution in [-0.2, 0) is 14.3 Å². The number of carbonyl (C=O) groups is 3. The van der Waals surface area contributed by atoms with E-state index < -0.39 is 30.9 Å². The largest absolute Gasteiger partial charge is 0.493 e. The molecule has 0 unspecified atom stereocenters. The fraction of sp³-hybridized carbons (Fsp3) is 0.207. The molecular formula is C29H26O7. The third kappa shape index (κ3) is 5.30. The second-order valence-corrected chi connectivity index (χ2v) is 7.88. The van der Waals surface area contributed by atoms with Crippen LogP contribution >= 0.6 is 0 Å². The van der Waals surface area contributed by atoms with E-state index in [-0.39, 0.29) is 11.1 Å². The smallest absolute Gasteiger partial charge is 0.343 e. The fourth-order valence-corrected chi connectivity index (χ4v) is 3.95. The third-order valence-electron chi connectivity index (χ3n) is 5.52. The Kier molecular flexibility index (Phi) is 7.80. The molecule has 0 radical (unpaired) electrons. The van der Waals surface area contributed by atoms with Crippen LogP contribution in [0.15, 0.2) is 72.8 Å². The highest BCUT2D eigenvalue weighted by Crippen LogP contribution is 2.30. The molecule has 0 aromatic heterocycles. The number of carbonyl (C=O) groups excluding carboxylic acids is 3. The number of Topliss-reactive ketones (excluding diaryl/α,β-unsaturated/α-hetero) is 1. The van der Waals surface area contributed by atoms with Gasteiger partial charge in [0.15, 0.2) is 13.2 Å². The molecule has 4 aromatic rings. The number of fused-ring (bicyclic) bond motifs is 2. The van der Waals surface area contributed by atoms with Crippen molar-refractivity contribution in [3.63, 3.8) is 0 Å². The normalized spacial score (nSPS) is 10.7. The van der Waals surface area contributed by atoms with Crippen LogP contribution in [0, 0.1) is 0 Å². The Balaban J connectivity index is 1.44. The second-order valence-electron chi connectivity index (χ2n) is 7.88. The first-order valence-electron chi connectivity index (χ1n) is 11.7. The molecule has 0 aliphatic carbocycles. The van der Waals surface area contributed by atoms with Gasteiger partial charge in [-0.1, -0.05) is 60.7 Å². The zero-order chi connectivity index (χ0) is 25.5. The highest BCUT2D eigenvalue weighted by atomic mass is 16.6. The molecule has 0 saturated carbocycles. The van der Waals surface area contributed by atoms with E-state index in [4.69, 9.17) is 18.9 Å². The Morgan fingerprint density at radius 1 is 0.583 bits per heavy atom. The van der Waals surface area contributed by atoms with Gasteiger partial charge >= 0.3 is 11.9 Å². The maximum Gasteiger partial charge on any atom is 0.343 e. The van der Waals surface area contributed by atoms with Crippen LogP contribution in [0.3, 0.4) is 0 Å². The number of benzene rings is 4. The molecule has 0 atom stereocenters. The van der Waals surface area contributed by atoms with Crippen molar-refractivity contribution in [2.24, 2.45) is 0 Å². The number of esters is 2. The summed E-state index contributed by atoms with van der Waals surface area (Å²) in [7, 11) is 0. The van der Waals surface area contributed by atoms with Crippen molar-refractivity contribution < 1.29 is 33.3 Å². The monoisotopic (exact) mass is 486 g/mol. The summed E-state index contributed by atoms with van der Waals surface area (Å²) in [5, 5.41) is 3.00. The standard InChI is InChI=1S/C29H26O7/c1-3-33-24-15-13-19-9-5-7-11-22(19)26(24)28(31)35-17-21(30)18-36-29(32)27-23-12-8-6-10-20(23)14-16-25(27)34-4-2/h5-16H,3-4,17-18H2,1-2H3. The van der Waals surface area contributed by atoms with E-state index in [1.54, 1.807) is 24.3 Å². The van der Waals surface area contributed by atoms with Gasteiger partial charge in [0.2, 0.25) is 5.78 Å². The second kappa shape index (κ2) is 11.4. The molecule has 0 fully saturated rings. The molecule has 36 heavy (non-hydrogen) atoms. The Labute approximate surface area is 208 Å². The van der Waals surface area contributed by atoms with Gasteiger partial charge in [0.1, 0.15) is 22.6 Å². The van der Waals surface area contributed by atoms with E-state index in [9.17, 15) is 14.4 Å². The lowest BCUT2D eigenvalue weighted by Gasteiger charge is -2.14. The Morgan fingerprint density at radius 2 is 1.00 bits per heavy atom. The first-order valence-corrected chi connectivity index (χ1v) is 11.7. The molecule has 0 heterocycles. The Hall–Kier alpha value is -4.39. The third-order valence-corrected chi connectivity index (χ3v) is 5.52. The van der Waals surface area contributed by atoms with Crippen LogP contribution in [0.2, 0.25) is 0 Å². The first-order chi connectivity index (χ1) is 17.5. The predicted octanol–water partition coefficient (Wildman–Crippen LogP) is 5.37. The van der Waals surface area contributed by atoms with Crippen LogP contribution in [0.25, 0.3) is 21.5 Å². The quantitative estimate of drug-likeness (QED) is 0.278. The van der Waals surface area contributed by atoms with Gasteiger partial charge in [-0.3, -0.25) is 4.79 Å². The molecule has 4 rings (SSSR count). The molecule has 0 N–H and O–H groups in total. The van der Waals surface area contributed by atoms with Crippen LogP contribution in [0.4, 0.5) is 0 Å². The number of hydrogen-bond donors (Lipinski definition) is 0. The van der Waals surface area contributed by atoms with Crippen LogP contribution < -0.4 is 9.47 Å². The van der Waals surface area contributed by atoms with Gasteiger partial charge in [-0.2, -0.15) is 0 Å². The van der Waals surface area contributed by atoms with Crippen LogP contribution in [0.1, 0.15) is 34.6 Å². The van der Waals surface area contributed by atoms with Gasteiger partial charge in [-0.05, 0) is 47.5 Å². The molecule has 0 spiro atoms. The first kappa shape index (κ1) is 24.7. The van der Waals surface area contributed by atoms with Gasteiger partial charge in [0, 0.05) is 0 Å². The average molecular weight is 487 g/mol. The summed E-state index contributed by atoms with van der Waals surface area (Å²) in [5.74, 6) is -1.20. The van der Waals surface area contributed by atoms with E-state index in [0.717, 1.165) is 10.8 Å². The van der Waals surface area contributed by atoms with Gasteiger partial charge in [-0.15, -0.1) is 0 Å². The van der Waals surface area contributed by atoms with Crippen molar-refractivity contribution in [1.82, 2.24) is 0 Å². The highest BCUT2D eigenvalue weighted by molar-refractivity contribution is 6.08. The molecule has 7 nitrogen and oxygen atoms in total. The lowest BCUT2D eigenvalue weighted by atomic mass is 10.0. The minimum absolute atomic E-state index is 0.247. The number of ether oxygens (including phenoxy) is 4. The highest BCUT2D eigenvalue weighted by Gasteiger charge is 2.22. The molecule has 7 heteroatoms. The number of hydrogen-bond acceptors (Lipinski definition) is 7. The fourth-order valence-electron chi connectivity index (χ4n) is 3.95. The lowest BCUT2D eigenvalue weighted by Crippen LogP contribution is -2.21. The van der Waals surface area contributed by atoms with Crippen molar-refractivity contribution in [1.29, 1.82) is 0 Å². The number of ketones is 1. The number of rotatable bonds is 10. The SMILES string of the molecule is CCOc1ccc2ccccc2c1C(=O)OCC(=O)COC(=O)c1c(OCC)ccc2ccccc12. The lowest BCUT2D eigenvalue weighted by molar-refractivity contribution is -0.125. The summed E-state index contributed by atoms with van der Waals surface area (Å²) in [4.78, 5) is 38.3. The summed E-state index contributed by atoms with van der Waals surface area (Å²) in [5.41, 5.74) is 0.494. The van der Waals surface area contributed by atoms with Gasteiger partial charge in [0.05, 0.1) is 13.2 Å². The summed E-state index contributed by atoms with van der Waals surface area (Å²) < 4.78 is 21.7. The van der Waals surface area contributed by atoms with E-state index in [1.807, 2.05) is 62.4 Å². The molecule has 0 saturated heterocycles. The average Bonchev–Trinajstić information content (AvgIpc) is 2.90. The molecule has 0 bridgehead atoms. The molecule has 0 aliphatic heterocycles. The molecule has 0 amide bonds. The maximum absolute atomic E-state index is 12.9. The Bertz CT molecular complexity index is 1320. The van der Waals surface area contributed by atoms with E-state index in [0.29, 0.717) is 35.5 Å². The van der Waals surface area contributed by atoms with Gasteiger partial charge in [-0.25, -0.2) is 9.59 Å². The van der Waals surface area contributed by atoms with Crippen molar-refractivity contribution >= 4 is 39.3 Å². The van der Waals surface area contributed by atoms with Crippen LogP contribution in [0.5, 0.6) is 11.5 Å². The van der Waals surface area contributed by atoms with Crippen molar-refractivity contribution in [3.8, 4) is 11.5 Å². The zero-order valence-electron chi connectivity index (χ0n) is 20.1. The van der Waals surface area contributed by atoms with Crippen molar-refractivity contribution in [2.45, 2.75) is 13.8 Å². The predicted molar refractivity (Wildman–Crippen MR) is 136 cm³/mol.